The average Bonchev–Trinajstić information content (AvgIpc) is 3.39. The SMILES string of the molecule is CC(C)(C)OC(=O)N[C@H](C(=O)N1[C@H](C#N)CC2C[C@@H]21)C1CC2CCC(C1)N2C(=O)c1ccnc(F)c1. The Balaban J connectivity index is 1.37. The predicted molar refractivity (Wildman–Crippen MR) is 126 cm³/mol. The Bertz CT molecular complexity index is 1100. The third kappa shape index (κ3) is 4.63. The Hall–Kier alpha value is -3.22. The molecule has 36 heavy (non-hydrogen) atoms. The fraction of sp³-hybridized carbons (Fsp3) is 0.654. The summed E-state index contributed by atoms with van der Waals surface area (Å²) in [7, 11) is 0. The van der Waals surface area contributed by atoms with Crippen molar-refractivity contribution in [3.8, 4) is 6.07 Å². The molecule has 3 saturated heterocycles. The van der Waals surface area contributed by atoms with Crippen LogP contribution < -0.4 is 5.32 Å². The number of carbonyl (C=O) groups excluding carboxylic acids is 3. The van der Waals surface area contributed by atoms with Gasteiger partial charge in [-0.2, -0.15) is 9.65 Å². The number of amides is 3. The molecule has 3 aliphatic heterocycles. The third-order valence-electron chi connectivity index (χ3n) is 7.90. The van der Waals surface area contributed by atoms with Crippen LogP contribution in [-0.4, -0.2) is 68.5 Å². The van der Waals surface area contributed by atoms with E-state index in [0.717, 1.165) is 25.3 Å². The van der Waals surface area contributed by atoms with Crippen molar-refractivity contribution in [2.24, 2.45) is 11.8 Å². The lowest BCUT2D eigenvalue weighted by Crippen LogP contribution is -2.58. The van der Waals surface area contributed by atoms with Crippen molar-refractivity contribution in [1.82, 2.24) is 20.1 Å². The molecule has 2 bridgehead atoms. The van der Waals surface area contributed by atoms with Crippen molar-refractivity contribution in [3.05, 3.63) is 29.8 Å². The molecule has 5 rings (SSSR count). The van der Waals surface area contributed by atoms with Gasteiger partial charge in [0.1, 0.15) is 17.7 Å². The average molecular weight is 498 g/mol. The molecular formula is C26H32FN5O4. The first-order valence-corrected chi connectivity index (χ1v) is 12.7. The summed E-state index contributed by atoms with van der Waals surface area (Å²) >= 11 is 0. The molecule has 1 aromatic rings. The molecule has 4 fully saturated rings. The first kappa shape index (κ1) is 24.5. The number of nitrogens with one attached hydrogen (secondary N) is 1. The normalized spacial score (nSPS) is 31.3. The van der Waals surface area contributed by atoms with Crippen LogP contribution in [0.2, 0.25) is 0 Å². The molecule has 1 aliphatic carbocycles. The van der Waals surface area contributed by atoms with Crippen LogP contribution in [0.25, 0.3) is 0 Å². The van der Waals surface area contributed by atoms with Crippen LogP contribution in [0.1, 0.15) is 69.7 Å². The van der Waals surface area contributed by atoms with E-state index in [-0.39, 0.29) is 41.4 Å². The number of halogens is 1. The summed E-state index contributed by atoms with van der Waals surface area (Å²) in [5, 5.41) is 12.5. The Labute approximate surface area is 210 Å². The number of alkyl carbamates (subject to hydrolysis) is 1. The molecule has 1 saturated carbocycles. The highest BCUT2D eigenvalue weighted by atomic mass is 19.1. The number of likely N-dealkylation sites (tertiary alicyclic amines) is 1. The molecule has 4 aliphatic rings. The molecule has 10 heteroatoms. The summed E-state index contributed by atoms with van der Waals surface area (Å²) in [6.07, 6.45) is 4.80. The molecule has 4 heterocycles. The van der Waals surface area contributed by atoms with E-state index in [4.69, 9.17) is 4.74 Å². The van der Waals surface area contributed by atoms with Gasteiger partial charge in [0.15, 0.2) is 0 Å². The number of ether oxygens (including phenoxy) is 1. The van der Waals surface area contributed by atoms with Gasteiger partial charge in [0, 0.05) is 36.0 Å². The lowest BCUT2D eigenvalue weighted by atomic mass is 9.83. The number of hydrogen-bond acceptors (Lipinski definition) is 6. The van der Waals surface area contributed by atoms with Crippen LogP contribution in [0, 0.1) is 29.1 Å². The molecule has 6 atom stereocenters. The minimum atomic E-state index is -0.839. The summed E-state index contributed by atoms with van der Waals surface area (Å²) in [6.45, 7) is 5.28. The van der Waals surface area contributed by atoms with Gasteiger partial charge in [-0.25, -0.2) is 9.78 Å². The summed E-state index contributed by atoms with van der Waals surface area (Å²) in [5.74, 6) is -1.03. The maximum Gasteiger partial charge on any atom is 0.408 e. The van der Waals surface area contributed by atoms with Gasteiger partial charge in [0.05, 0.1) is 6.07 Å². The first-order valence-electron chi connectivity index (χ1n) is 12.7. The zero-order valence-corrected chi connectivity index (χ0v) is 20.8. The van der Waals surface area contributed by atoms with Gasteiger partial charge in [-0.1, -0.05) is 0 Å². The number of pyridine rings is 1. The third-order valence-corrected chi connectivity index (χ3v) is 7.90. The second-order valence-corrected chi connectivity index (χ2v) is 11.5. The summed E-state index contributed by atoms with van der Waals surface area (Å²) < 4.78 is 19.1. The first-order chi connectivity index (χ1) is 17.1. The number of nitrogens with zero attached hydrogens (tertiary/aromatic N) is 4. The molecule has 1 aromatic heterocycles. The zero-order valence-electron chi connectivity index (χ0n) is 20.8. The van der Waals surface area contributed by atoms with E-state index < -0.39 is 29.7 Å². The number of rotatable bonds is 4. The van der Waals surface area contributed by atoms with Crippen molar-refractivity contribution in [2.45, 2.75) is 95.1 Å². The molecule has 0 spiro atoms. The van der Waals surface area contributed by atoms with E-state index in [2.05, 4.69) is 16.4 Å². The van der Waals surface area contributed by atoms with Crippen molar-refractivity contribution >= 4 is 17.9 Å². The van der Waals surface area contributed by atoms with Gasteiger partial charge < -0.3 is 19.9 Å². The molecule has 0 radical (unpaired) electrons. The lowest BCUT2D eigenvalue weighted by molar-refractivity contribution is -0.136. The second-order valence-electron chi connectivity index (χ2n) is 11.5. The lowest BCUT2D eigenvalue weighted by Gasteiger charge is -2.42. The molecule has 0 aromatic carbocycles. The Morgan fingerprint density at radius 3 is 2.47 bits per heavy atom. The van der Waals surface area contributed by atoms with E-state index in [9.17, 15) is 24.0 Å². The number of piperidine rings is 2. The smallest absolute Gasteiger partial charge is 0.408 e. The predicted octanol–water partition coefficient (Wildman–Crippen LogP) is 3.01. The number of nitriles is 1. The van der Waals surface area contributed by atoms with Crippen molar-refractivity contribution < 1.29 is 23.5 Å². The topological polar surface area (TPSA) is 116 Å². The Morgan fingerprint density at radius 2 is 1.86 bits per heavy atom. The van der Waals surface area contributed by atoms with Crippen molar-refractivity contribution in [1.29, 1.82) is 5.26 Å². The van der Waals surface area contributed by atoms with E-state index >= 15 is 0 Å². The molecule has 9 nitrogen and oxygen atoms in total. The van der Waals surface area contributed by atoms with Gasteiger partial charge in [-0.15, -0.1) is 0 Å². The van der Waals surface area contributed by atoms with Crippen LogP contribution in [0.4, 0.5) is 9.18 Å². The van der Waals surface area contributed by atoms with Gasteiger partial charge in [-0.05, 0) is 77.2 Å². The summed E-state index contributed by atoms with van der Waals surface area (Å²) in [6, 6.07) is 3.41. The molecule has 3 amide bonds. The van der Waals surface area contributed by atoms with Gasteiger partial charge in [0.25, 0.3) is 5.91 Å². The van der Waals surface area contributed by atoms with E-state index in [1.165, 1.54) is 12.3 Å². The zero-order chi connectivity index (χ0) is 25.8. The monoisotopic (exact) mass is 497 g/mol. The summed E-state index contributed by atoms with van der Waals surface area (Å²) in [4.78, 5) is 46.8. The minimum absolute atomic E-state index is 0.0602. The van der Waals surface area contributed by atoms with E-state index in [1.54, 1.807) is 25.7 Å². The van der Waals surface area contributed by atoms with Crippen LogP contribution in [-0.2, 0) is 9.53 Å². The highest BCUT2D eigenvalue weighted by molar-refractivity contribution is 5.95. The quantitative estimate of drug-likeness (QED) is 0.640. The maximum absolute atomic E-state index is 13.8. The highest BCUT2D eigenvalue weighted by Gasteiger charge is 2.56. The summed E-state index contributed by atoms with van der Waals surface area (Å²) in [5.41, 5.74) is -0.470. The fourth-order valence-electron chi connectivity index (χ4n) is 6.37. The van der Waals surface area contributed by atoms with E-state index in [1.807, 2.05) is 4.90 Å². The Morgan fingerprint density at radius 1 is 1.17 bits per heavy atom. The number of fused-ring (bicyclic) bond motifs is 3. The second kappa shape index (κ2) is 9.02. The minimum Gasteiger partial charge on any atom is -0.444 e. The molecular weight excluding hydrogens is 465 g/mol. The number of aromatic nitrogens is 1. The van der Waals surface area contributed by atoms with Crippen molar-refractivity contribution in [3.63, 3.8) is 0 Å². The van der Waals surface area contributed by atoms with E-state index in [0.29, 0.717) is 25.2 Å². The van der Waals surface area contributed by atoms with Gasteiger partial charge in [0.2, 0.25) is 11.9 Å². The van der Waals surface area contributed by atoms with Crippen LogP contribution in [0.3, 0.4) is 0 Å². The highest BCUT2D eigenvalue weighted by Crippen LogP contribution is 2.49. The maximum atomic E-state index is 13.8. The van der Waals surface area contributed by atoms with Crippen LogP contribution in [0.15, 0.2) is 18.3 Å². The fourth-order valence-corrected chi connectivity index (χ4v) is 6.37. The molecule has 1 N–H and O–H groups in total. The van der Waals surface area contributed by atoms with Crippen molar-refractivity contribution in [2.75, 3.05) is 0 Å². The van der Waals surface area contributed by atoms with Gasteiger partial charge in [-0.3, -0.25) is 9.59 Å². The Kier molecular flexibility index (Phi) is 6.13. The van der Waals surface area contributed by atoms with Crippen LogP contribution in [0.5, 0.6) is 0 Å². The molecule has 3 unspecified atom stereocenters. The van der Waals surface area contributed by atoms with Gasteiger partial charge >= 0.3 is 6.09 Å². The number of carbonyl (C=O) groups is 3. The number of hydrogen-bond donors (Lipinski definition) is 1. The largest absolute Gasteiger partial charge is 0.444 e. The standard InChI is InChI=1S/C26H32FN5O4/c1-26(2,3)36-25(35)30-22(24(34)32-19(13-28)8-15-11-20(15)32)16-9-17-4-5-18(10-16)31(17)23(33)14-6-7-29-21(27)12-14/h6-7,12,15-20,22H,4-5,8-11H2,1-3H3,(H,30,35)/t15?,16?,17?,18?,19-,20-,22-/m0/s1. The van der Waals surface area contributed by atoms with Crippen LogP contribution >= 0.6 is 0 Å². The molecule has 192 valence electrons.